The van der Waals surface area contributed by atoms with Crippen LogP contribution >= 0.6 is 0 Å². The van der Waals surface area contributed by atoms with Crippen molar-refractivity contribution in [3.05, 3.63) is 12.2 Å². The number of rotatable bonds is 7. The lowest BCUT2D eigenvalue weighted by Gasteiger charge is -2.38. The highest BCUT2D eigenvalue weighted by atomic mass is 19.4. The predicted molar refractivity (Wildman–Crippen MR) is 129 cm³/mol. The number of allylic oxidation sites excluding steroid dienone is 2. The van der Waals surface area contributed by atoms with Crippen LogP contribution in [-0.4, -0.2) is 77.8 Å². The van der Waals surface area contributed by atoms with Gasteiger partial charge in [-0.2, -0.15) is 27.2 Å². The zero-order valence-corrected chi connectivity index (χ0v) is 22.8. The molecule has 0 aromatic heterocycles. The number of alkyl halides is 7. The maximum atomic E-state index is 15.0. The van der Waals surface area contributed by atoms with Gasteiger partial charge in [-0.05, 0) is 24.2 Å². The van der Waals surface area contributed by atoms with Crippen molar-refractivity contribution in [2.45, 2.75) is 69.8 Å². The van der Waals surface area contributed by atoms with Gasteiger partial charge in [-0.15, -0.1) is 0 Å². The minimum Gasteiger partial charge on any atom is -0.356 e. The molecule has 1 saturated carbocycles. The molecular weight excluding hydrogens is 579 g/mol. The van der Waals surface area contributed by atoms with Gasteiger partial charge in [0, 0.05) is 36.8 Å². The fourth-order valence-corrected chi connectivity index (χ4v) is 6.52. The Kier molecular flexibility index (Phi) is 7.82. The van der Waals surface area contributed by atoms with E-state index in [1.54, 1.807) is 0 Å². The van der Waals surface area contributed by atoms with Crippen LogP contribution < -0.4 is 16.0 Å². The van der Waals surface area contributed by atoms with Gasteiger partial charge in [-0.25, -0.2) is 8.78 Å². The van der Waals surface area contributed by atoms with Gasteiger partial charge in [-0.3, -0.25) is 19.2 Å². The number of amides is 4. The van der Waals surface area contributed by atoms with Crippen molar-refractivity contribution >= 4 is 23.6 Å². The van der Waals surface area contributed by atoms with Gasteiger partial charge in [0.2, 0.25) is 17.7 Å². The second-order valence-electron chi connectivity index (χ2n) is 12.3. The van der Waals surface area contributed by atoms with E-state index in [4.69, 9.17) is 0 Å². The summed E-state index contributed by atoms with van der Waals surface area (Å²) in [4.78, 5) is 52.3. The normalized spacial score (nSPS) is 31.3. The van der Waals surface area contributed by atoms with Crippen LogP contribution in [0, 0.1) is 46.3 Å². The number of hydrogen-bond acceptors (Lipinski definition) is 5. The number of carbonyl (C=O) groups excluding carboxylic acids is 4. The number of hydrogen-bond donors (Lipinski definition) is 3. The smallest absolute Gasteiger partial charge is 0.356 e. The molecule has 2 bridgehead atoms. The molecule has 3 fully saturated rings. The number of carbonyl (C=O) groups is 4. The van der Waals surface area contributed by atoms with Gasteiger partial charge in [0.05, 0.1) is 6.07 Å². The van der Waals surface area contributed by atoms with Gasteiger partial charge < -0.3 is 20.9 Å². The van der Waals surface area contributed by atoms with Crippen LogP contribution in [0.5, 0.6) is 0 Å². The van der Waals surface area contributed by atoms with Gasteiger partial charge in [0.25, 0.3) is 5.92 Å². The molecule has 0 spiro atoms. The van der Waals surface area contributed by atoms with Crippen LogP contribution in [0.1, 0.15) is 33.6 Å². The molecule has 4 amide bonds. The van der Waals surface area contributed by atoms with Crippen molar-refractivity contribution in [1.82, 2.24) is 20.9 Å². The molecule has 0 aromatic rings. The number of nitriles is 1. The van der Waals surface area contributed by atoms with Crippen molar-refractivity contribution in [2.75, 3.05) is 13.1 Å². The number of likely N-dealkylation sites (tertiary alicyclic amines) is 1. The highest BCUT2D eigenvalue weighted by Gasteiger charge is 2.70. The Morgan fingerprint density at radius 1 is 1.12 bits per heavy atom. The van der Waals surface area contributed by atoms with Crippen molar-refractivity contribution in [3.8, 4) is 6.07 Å². The fraction of sp³-hybridized carbons (Fsp3) is 0.731. The van der Waals surface area contributed by atoms with Crippen molar-refractivity contribution in [3.63, 3.8) is 0 Å². The molecule has 2 saturated heterocycles. The summed E-state index contributed by atoms with van der Waals surface area (Å²) in [5, 5.41) is 16.1. The van der Waals surface area contributed by atoms with E-state index in [0.717, 1.165) is 4.90 Å². The molecule has 2 aliphatic heterocycles. The van der Waals surface area contributed by atoms with Gasteiger partial charge in [-0.1, -0.05) is 32.9 Å². The molecule has 16 heteroatoms. The lowest BCUT2D eigenvalue weighted by Crippen LogP contribution is -2.62. The minimum atomic E-state index is -6.26. The van der Waals surface area contributed by atoms with Crippen LogP contribution in [0.25, 0.3) is 0 Å². The highest BCUT2D eigenvalue weighted by Crippen LogP contribution is 2.61. The molecule has 0 aromatic carbocycles. The SMILES string of the molecule is CC(C)(C)[C@H](NC(=O)C(F)(F)C(F)(F)F)C(=O)N1C[C@H]2[C@@H]([C@H]1C(=O)N[C@H](C#N)C[C@@H]1CCNC1=O)[C@H]1C=C[C@@H]2C1(F)F. The Morgan fingerprint density at radius 2 is 1.74 bits per heavy atom. The first-order valence-electron chi connectivity index (χ1n) is 13.3. The molecule has 4 rings (SSSR count). The first-order chi connectivity index (χ1) is 19.2. The molecule has 3 N–H and O–H groups in total. The zero-order valence-electron chi connectivity index (χ0n) is 22.8. The first kappa shape index (κ1) is 31.6. The third-order valence-corrected chi connectivity index (χ3v) is 8.63. The number of nitrogens with zero attached hydrogens (tertiary/aromatic N) is 2. The van der Waals surface area contributed by atoms with Gasteiger partial charge in [0.1, 0.15) is 18.1 Å². The van der Waals surface area contributed by atoms with E-state index in [0.29, 0.717) is 13.0 Å². The van der Waals surface area contributed by atoms with Crippen LogP contribution in [0.2, 0.25) is 0 Å². The standard InChI is InChI=1S/C26H30F7N5O4/c1-23(2,3)18(37-22(42)25(29,30)26(31,32)33)21(41)38-10-13-14-4-5-15(24(14,27)28)16(13)17(38)20(40)36-12(9-34)8-11-6-7-35-19(11)39/h4-5,11-18H,6-8,10H2,1-3H3,(H,35,39)(H,36,40)(H,37,42)/t11-,12-,13+,14-,15+,16+,17-,18+/m0/s1. The molecule has 4 aliphatic rings. The summed E-state index contributed by atoms with van der Waals surface area (Å²) >= 11 is 0. The molecule has 0 radical (unpaired) electrons. The summed E-state index contributed by atoms with van der Waals surface area (Å²) in [6.07, 6.45) is -3.48. The Hall–Kier alpha value is -3.38. The Balaban J connectivity index is 1.64. The second kappa shape index (κ2) is 10.4. The summed E-state index contributed by atoms with van der Waals surface area (Å²) in [5.74, 6) is -20.0. The van der Waals surface area contributed by atoms with Crippen LogP contribution in [0.4, 0.5) is 30.7 Å². The maximum Gasteiger partial charge on any atom is 0.463 e. The molecule has 232 valence electrons. The largest absolute Gasteiger partial charge is 0.463 e. The minimum absolute atomic E-state index is 0.0991. The average molecular weight is 610 g/mol. The molecular formula is C26H30F7N5O4. The molecule has 8 atom stereocenters. The molecule has 2 aliphatic carbocycles. The Bertz CT molecular complexity index is 1220. The maximum absolute atomic E-state index is 15.0. The Labute approximate surface area is 236 Å². The second-order valence-corrected chi connectivity index (χ2v) is 12.3. The first-order valence-corrected chi connectivity index (χ1v) is 13.3. The quantitative estimate of drug-likeness (QED) is 0.301. The molecule has 9 nitrogen and oxygen atoms in total. The Morgan fingerprint density at radius 3 is 2.26 bits per heavy atom. The monoisotopic (exact) mass is 609 g/mol. The van der Waals surface area contributed by atoms with E-state index in [-0.39, 0.29) is 12.3 Å². The lowest BCUT2D eigenvalue weighted by molar-refractivity contribution is -0.270. The van der Waals surface area contributed by atoms with Crippen LogP contribution in [-0.2, 0) is 19.2 Å². The van der Waals surface area contributed by atoms with E-state index in [1.165, 1.54) is 38.2 Å². The summed E-state index contributed by atoms with van der Waals surface area (Å²) in [7, 11) is 0. The summed E-state index contributed by atoms with van der Waals surface area (Å²) in [5.41, 5.74) is -1.46. The lowest BCUT2D eigenvalue weighted by atomic mass is 9.81. The number of nitrogens with one attached hydrogen (secondary N) is 3. The number of fused-ring (bicyclic) bond motifs is 5. The summed E-state index contributed by atoms with van der Waals surface area (Å²) < 4.78 is 96.3. The third-order valence-electron chi connectivity index (χ3n) is 8.63. The van der Waals surface area contributed by atoms with Crippen molar-refractivity contribution in [2.24, 2.45) is 35.0 Å². The molecule has 2 heterocycles. The third kappa shape index (κ3) is 5.19. The van der Waals surface area contributed by atoms with Gasteiger partial charge in [0.15, 0.2) is 0 Å². The van der Waals surface area contributed by atoms with E-state index in [2.05, 4.69) is 10.6 Å². The molecule has 42 heavy (non-hydrogen) atoms. The van der Waals surface area contributed by atoms with E-state index >= 15 is 8.78 Å². The van der Waals surface area contributed by atoms with Crippen LogP contribution in [0.3, 0.4) is 0 Å². The van der Waals surface area contributed by atoms with Crippen molar-refractivity contribution in [1.29, 1.82) is 5.26 Å². The van der Waals surface area contributed by atoms with E-state index < -0.39 is 95.4 Å². The van der Waals surface area contributed by atoms with E-state index in [1.807, 2.05) is 6.07 Å². The summed E-state index contributed by atoms with van der Waals surface area (Å²) in [6, 6.07) is -3.08. The topological polar surface area (TPSA) is 131 Å². The highest BCUT2D eigenvalue weighted by molar-refractivity contribution is 5.95. The molecule has 0 unspecified atom stereocenters. The van der Waals surface area contributed by atoms with Crippen LogP contribution in [0.15, 0.2) is 12.2 Å². The van der Waals surface area contributed by atoms with E-state index in [9.17, 15) is 46.4 Å². The average Bonchev–Trinajstić information content (AvgIpc) is 3.59. The zero-order chi connectivity index (χ0) is 31.6. The fourth-order valence-electron chi connectivity index (χ4n) is 6.52. The van der Waals surface area contributed by atoms with Gasteiger partial charge >= 0.3 is 18.0 Å². The van der Waals surface area contributed by atoms with Crippen molar-refractivity contribution < 1.29 is 49.9 Å². The summed E-state index contributed by atoms with van der Waals surface area (Å²) in [6.45, 7) is 3.74. The number of halogens is 7. The predicted octanol–water partition coefficient (Wildman–Crippen LogP) is 2.14.